The minimum atomic E-state index is -2.84. The number of rotatable bonds is 9. The minimum Gasteiger partial charge on any atom is -0.493 e. The third-order valence-electron chi connectivity index (χ3n) is 4.57. The molecule has 0 amide bonds. The summed E-state index contributed by atoms with van der Waals surface area (Å²) in [7, 11) is 0. The lowest BCUT2D eigenvalue weighted by atomic mass is 10.00. The zero-order valence-corrected chi connectivity index (χ0v) is 16.2. The summed E-state index contributed by atoms with van der Waals surface area (Å²) in [6, 6.07) is 18.7. The van der Waals surface area contributed by atoms with E-state index in [4.69, 9.17) is 4.74 Å². The number of alkyl halides is 2. The van der Waals surface area contributed by atoms with Crippen molar-refractivity contribution in [2.75, 3.05) is 6.61 Å². The Morgan fingerprint density at radius 1 is 0.759 bits per heavy atom. The van der Waals surface area contributed by atoms with Crippen LogP contribution < -0.4 is 9.47 Å². The molecule has 0 saturated heterocycles. The molecule has 3 rings (SSSR count). The molecule has 0 atom stereocenters. The van der Waals surface area contributed by atoms with Gasteiger partial charge in [-0.2, -0.15) is 8.78 Å². The van der Waals surface area contributed by atoms with Crippen LogP contribution in [0.4, 0.5) is 13.2 Å². The first kappa shape index (κ1) is 20.8. The first-order valence-corrected chi connectivity index (χ1v) is 9.65. The fourth-order valence-electron chi connectivity index (χ4n) is 3.03. The molecule has 0 saturated carbocycles. The van der Waals surface area contributed by atoms with E-state index in [9.17, 15) is 13.2 Å². The topological polar surface area (TPSA) is 18.5 Å². The Bertz CT molecular complexity index is 906. The van der Waals surface area contributed by atoms with Crippen molar-refractivity contribution in [3.05, 3.63) is 72.5 Å². The summed E-state index contributed by atoms with van der Waals surface area (Å²) in [5.41, 5.74) is 3.00. The highest BCUT2D eigenvalue weighted by atomic mass is 19.3. The predicted octanol–water partition coefficient (Wildman–Crippen LogP) is 7.33. The molecule has 0 aromatic heterocycles. The van der Waals surface area contributed by atoms with Gasteiger partial charge in [-0.15, -0.1) is 0 Å². The second-order valence-corrected chi connectivity index (χ2v) is 6.68. The molecule has 0 aliphatic carbocycles. The van der Waals surface area contributed by atoms with Crippen molar-refractivity contribution >= 4 is 0 Å². The lowest BCUT2D eigenvalue weighted by Crippen LogP contribution is -2.01. The molecule has 0 bridgehead atoms. The van der Waals surface area contributed by atoms with Gasteiger partial charge >= 0.3 is 6.61 Å². The van der Waals surface area contributed by atoms with Crippen molar-refractivity contribution in [3.63, 3.8) is 0 Å². The van der Waals surface area contributed by atoms with Crippen molar-refractivity contribution in [2.24, 2.45) is 0 Å². The maximum absolute atomic E-state index is 14.5. The van der Waals surface area contributed by atoms with E-state index < -0.39 is 6.61 Å². The molecule has 0 fully saturated rings. The maximum atomic E-state index is 14.5. The number of hydrogen-bond acceptors (Lipinski definition) is 2. The van der Waals surface area contributed by atoms with Crippen molar-refractivity contribution in [2.45, 2.75) is 32.8 Å². The molecule has 3 aromatic carbocycles. The third-order valence-corrected chi connectivity index (χ3v) is 4.57. The molecule has 3 aromatic rings. The summed E-state index contributed by atoms with van der Waals surface area (Å²) in [5.74, 6) is 0.309. The van der Waals surface area contributed by atoms with E-state index in [-0.39, 0.29) is 11.6 Å². The van der Waals surface area contributed by atoms with Gasteiger partial charge in [0, 0.05) is 11.6 Å². The van der Waals surface area contributed by atoms with Crippen LogP contribution in [-0.4, -0.2) is 13.2 Å². The van der Waals surface area contributed by atoms with Crippen LogP contribution in [0.25, 0.3) is 22.3 Å². The fourth-order valence-corrected chi connectivity index (χ4v) is 3.03. The Balaban J connectivity index is 1.69. The molecule has 0 aliphatic rings. The molecular formula is C24H23F3O2. The normalized spacial score (nSPS) is 10.9. The molecule has 0 spiro atoms. The summed E-state index contributed by atoms with van der Waals surface area (Å²) in [6.07, 6.45) is 3.16. The van der Waals surface area contributed by atoms with Gasteiger partial charge in [-0.1, -0.05) is 56.2 Å². The summed E-state index contributed by atoms with van der Waals surface area (Å²) in [5, 5.41) is 0. The quantitative estimate of drug-likeness (QED) is 0.350. The predicted molar refractivity (Wildman–Crippen MR) is 109 cm³/mol. The molecule has 0 heterocycles. The van der Waals surface area contributed by atoms with E-state index in [1.54, 1.807) is 24.3 Å². The van der Waals surface area contributed by atoms with Crippen molar-refractivity contribution in [1.82, 2.24) is 0 Å². The average Bonchev–Trinajstić information content (AvgIpc) is 2.72. The molecular weight excluding hydrogens is 377 g/mol. The molecule has 0 N–H and O–H groups in total. The van der Waals surface area contributed by atoms with Crippen LogP contribution in [0, 0.1) is 5.82 Å². The lowest BCUT2D eigenvalue weighted by Gasteiger charge is -2.10. The minimum absolute atomic E-state index is 0.111. The number of ether oxygens (including phenoxy) is 2. The van der Waals surface area contributed by atoms with E-state index in [0.29, 0.717) is 17.9 Å². The van der Waals surface area contributed by atoms with Gasteiger partial charge in [-0.25, -0.2) is 4.39 Å². The summed E-state index contributed by atoms with van der Waals surface area (Å²) in [4.78, 5) is 0. The van der Waals surface area contributed by atoms with E-state index >= 15 is 0 Å². The van der Waals surface area contributed by atoms with Crippen LogP contribution in [-0.2, 0) is 0 Å². The highest BCUT2D eigenvalue weighted by Crippen LogP contribution is 2.29. The lowest BCUT2D eigenvalue weighted by molar-refractivity contribution is -0.0498. The Hall–Kier alpha value is -2.95. The standard InChI is InChI=1S/C24H23F3O2/c1-2-3-4-15-28-21-13-14-22(23(25)16-21)19-7-5-17(6-8-19)18-9-11-20(12-10-18)29-24(26)27/h5-14,16,24H,2-4,15H2,1H3. The Kier molecular flexibility index (Phi) is 7.17. The van der Waals surface area contributed by atoms with E-state index in [2.05, 4.69) is 11.7 Å². The monoisotopic (exact) mass is 400 g/mol. The van der Waals surface area contributed by atoms with Crippen LogP contribution >= 0.6 is 0 Å². The van der Waals surface area contributed by atoms with Crippen LogP contribution in [0.1, 0.15) is 26.2 Å². The van der Waals surface area contributed by atoms with Gasteiger partial charge in [0.25, 0.3) is 0 Å². The summed E-state index contributed by atoms with van der Waals surface area (Å²) in [6.45, 7) is -0.137. The second kappa shape index (κ2) is 10.0. The first-order valence-electron chi connectivity index (χ1n) is 9.65. The van der Waals surface area contributed by atoms with Gasteiger partial charge in [0.2, 0.25) is 0 Å². The molecule has 0 radical (unpaired) electrons. The van der Waals surface area contributed by atoms with E-state index in [0.717, 1.165) is 36.0 Å². The molecule has 29 heavy (non-hydrogen) atoms. The zero-order chi connectivity index (χ0) is 20.6. The molecule has 0 unspecified atom stereocenters. The number of hydrogen-bond donors (Lipinski definition) is 0. The average molecular weight is 400 g/mol. The highest BCUT2D eigenvalue weighted by molar-refractivity contribution is 5.71. The highest BCUT2D eigenvalue weighted by Gasteiger charge is 2.08. The molecule has 152 valence electrons. The summed E-state index contributed by atoms with van der Waals surface area (Å²) >= 11 is 0. The Labute approximate surface area is 168 Å². The summed E-state index contributed by atoms with van der Waals surface area (Å²) < 4.78 is 49.0. The number of benzene rings is 3. The molecule has 5 heteroatoms. The van der Waals surface area contributed by atoms with Gasteiger partial charge in [0.05, 0.1) is 6.61 Å². The Morgan fingerprint density at radius 3 is 1.93 bits per heavy atom. The second-order valence-electron chi connectivity index (χ2n) is 6.68. The fraction of sp³-hybridized carbons (Fsp3) is 0.250. The van der Waals surface area contributed by atoms with Crippen molar-refractivity contribution in [3.8, 4) is 33.8 Å². The number of halogens is 3. The number of unbranched alkanes of at least 4 members (excludes halogenated alkanes) is 2. The molecule has 0 aliphatic heterocycles. The van der Waals surface area contributed by atoms with Crippen molar-refractivity contribution < 1.29 is 22.6 Å². The SMILES string of the molecule is CCCCCOc1ccc(-c2ccc(-c3ccc(OC(F)F)cc3)cc2)c(F)c1. The van der Waals surface area contributed by atoms with Gasteiger partial charge in [0.15, 0.2) is 0 Å². The van der Waals surface area contributed by atoms with Crippen LogP contribution in [0.15, 0.2) is 66.7 Å². The Morgan fingerprint density at radius 2 is 1.34 bits per heavy atom. The van der Waals surface area contributed by atoms with Gasteiger partial charge in [-0.3, -0.25) is 0 Å². The van der Waals surface area contributed by atoms with Gasteiger partial charge < -0.3 is 9.47 Å². The van der Waals surface area contributed by atoms with Crippen LogP contribution in [0.3, 0.4) is 0 Å². The van der Waals surface area contributed by atoms with E-state index in [1.165, 1.54) is 18.2 Å². The smallest absolute Gasteiger partial charge is 0.387 e. The molecule has 2 nitrogen and oxygen atoms in total. The third kappa shape index (κ3) is 5.76. The zero-order valence-electron chi connectivity index (χ0n) is 16.2. The van der Waals surface area contributed by atoms with Crippen molar-refractivity contribution in [1.29, 1.82) is 0 Å². The van der Waals surface area contributed by atoms with Crippen LogP contribution in [0.2, 0.25) is 0 Å². The maximum Gasteiger partial charge on any atom is 0.387 e. The first-order chi connectivity index (χ1) is 14.1. The van der Waals surface area contributed by atoms with Gasteiger partial charge in [-0.05, 0) is 47.4 Å². The van der Waals surface area contributed by atoms with Crippen LogP contribution in [0.5, 0.6) is 11.5 Å². The largest absolute Gasteiger partial charge is 0.493 e. The van der Waals surface area contributed by atoms with E-state index in [1.807, 2.05) is 24.3 Å². The van der Waals surface area contributed by atoms with Gasteiger partial charge in [0.1, 0.15) is 17.3 Å².